The maximum Gasteiger partial charge on any atom is 0.335 e. The molecule has 4 amide bonds. The molecule has 0 spiro atoms. The predicted molar refractivity (Wildman–Crippen MR) is 102 cm³/mol. The molecule has 0 saturated carbocycles. The summed E-state index contributed by atoms with van der Waals surface area (Å²) in [6, 6.07) is 11.4. The third kappa shape index (κ3) is 3.72. The number of urea groups is 1. The first-order chi connectivity index (χ1) is 12.9. The summed E-state index contributed by atoms with van der Waals surface area (Å²) in [5, 5.41) is 2.20. The van der Waals surface area contributed by atoms with E-state index < -0.39 is 23.8 Å². The topological polar surface area (TPSA) is 88.1 Å². The number of amides is 4. The number of anilines is 1. The molecule has 7 nitrogen and oxygen atoms in total. The van der Waals surface area contributed by atoms with Crippen molar-refractivity contribution in [1.82, 2.24) is 5.32 Å². The number of aliphatic imine (C=N–C) groups is 1. The number of benzene rings is 2. The first-order valence-corrected chi connectivity index (χ1v) is 8.35. The molecule has 0 aromatic heterocycles. The molecular formula is C20H19N3O4. The van der Waals surface area contributed by atoms with Crippen molar-refractivity contribution in [1.29, 1.82) is 0 Å². The Hall–Kier alpha value is -3.48. The number of nitrogens with zero attached hydrogens (tertiary/aromatic N) is 2. The summed E-state index contributed by atoms with van der Waals surface area (Å²) in [6.45, 7) is 3.87. The molecule has 7 heteroatoms. The monoisotopic (exact) mass is 365 g/mol. The van der Waals surface area contributed by atoms with Gasteiger partial charge in [0.25, 0.3) is 5.91 Å². The number of barbiturate groups is 1. The fourth-order valence-corrected chi connectivity index (χ4v) is 2.82. The predicted octanol–water partition coefficient (Wildman–Crippen LogP) is 2.91. The van der Waals surface area contributed by atoms with Crippen LogP contribution in [0.4, 0.5) is 16.2 Å². The lowest BCUT2D eigenvalue weighted by molar-refractivity contribution is -0.131. The fourth-order valence-electron chi connectivity index (χ4n) is 2.82. The van der Waals surface area contributed by atoms with Crippen molar-refractivity contribution in [3.63, 3.8) is 0 Å². The van der Waals surface area contributed by atoms with E-state index in [9.17, 15) is 14.4 Å². The molecule has 1 N–H and O–H groups in total. The normalized spacial score (nSPS) is 17.4. The second kappa shape index (κ2) is 7.41. The molecule has 1 saturated heterocycles. The highest BCUT2D eigenvalue weighted by Crippen LogP contribution is 2.25. The molecule has 138 valence electrons. The minimum absolute atomic E-state index is 0.314. The van der Waals surface area contributed by atoms with Crippen LogP contribution >= 0.6 is 0 Å². The summed E-state index contributed by atoms with van der Waals surface area (Å²) < 4.78 is 5.13. The summed E-state index contributed by atoms with van der Waals surface area (Å²) in [6.07, 6.45) is 1.27. The van der Waals surface area contributed by atoms with Gasteiger partial charge in [0.1, 0.15) is 5.75 Å². The standard InChI is InChI=1S/C20H19N3O4/c1-12-7-8-17(13(2)9-12)21-11-16-18(24)22-20(26)23(19(16)25)14-5-4-6-15(10-14)27-3/h4-11,16H,1-3H3,(H,22,24,26)/t16-/m1/s1. The number of methoxy groups -OCH3 is 1. The zero-order valence-corrected chi connectivity index (χ0v) is 15.2. The van der Waals surface area contributed by atoms with Gasteiger partial charge in [-0.3, -0.25) is 19.9 Å². The Morgan fingerprint density at radius 3 is 2.59 bits per heavy atom. The van der Waals surface area contributed by atoms with E-state index in [1.54, 1.807) is 24.3 Å². The van der Waals surface area contributed by atoms with E-state index in [1.165, 1.54) is 13.3 Å². The van der Waals surface area contributed by atoms with E-state index in [4.69, 9.17) is 4.74 Å². The Balaban J connectivity index is 1.91. The number of rotatable bonds is 4. The van der Waals surface area contributed by atoms with Crippen molar-refractivity contribution in [2.45, 2.75) is 13.8 Å². The van der Waals surface area contributed by atoms with Crippen molar-refractivity contribution in [3.05, 3.63) is 53.6 Å². The lowest BCUT2D eigenvalue weighted by Gasteiger charge is -2.28. The van der Waals surface area contributed by atoms with Crippen LogP contribution in [0, 0.1) is 19.8 Å². The highest BCUT2D eigenvalue weighted by atomic mass is 16.5. The fraction of sp³-hybridized carbons (Fsp3) is 0.200. The minimum Gasteiger partial charge on any atom is -0.497 e. The maximum atomic E-state index is 12.8. The summed E-state index contributed by atoms with van der Waals surface area (Å²) in [7, 11) is 1.49. The largest absolute Gasteiger partial charge is 0.497 e. The van der Waals surface area contributed by atoms with Crippen LogP contribution in [-0.2, 0) is 9.59 Å². The molecule has 27 heavy (non-hydrogen) atoms. The Morgan fingerprint density at radius 2 is 1.89 bits per heavy atom. The van der Waals surface area contributed by atoms with Crippen LogP contribution in [0.25, 0.3) is 0 Å². The van der Waals surface area contributed by atoms with Crippen LogP contribution in [0.15, 0.2) is 47.5 Å². The van der Waals surface area contributed by atoms with Gasteiger partial charge in [-0.1, -0.05) is 23.8 Å². The van der Waals surface area contributed by atoms with Gasteiger partial charge in [0, 0.05) is 12.3 Å². The maximum absolute atomic E-state index is 12.8. The van der Waals surface area contributed by atoms with Gasteiger partial charge < -0.3 is 4.74 Å². The molecule has 2 aromatic carbocycles. The molecular weight excluding hydrogens is 346 g/mol. The molecule has 1 aliphatic rings. The quantitative estimate of drug-likeness (QED) is 0.666. The molecule has 0 bridgehead atoms. The van der Waals surface area contributed by atoms with Gasteiger partial charge in [-0.05, 0) is 37.6 Å². The van der Waals surface area contributed by atoms with Gasteiger partial charge in [0.15, 0.2) is 5.92 Å². The van der Waals surface area contributed by atoms with E-state index in [2.05, 4.69) is 10.3 Å². The number of hydrogen-bond acceptors (Lipinski definition) is 5. The summed E-state index contributed by atoms with van der Waals surface area (Å²) in [5.41, 5.74) is 2.99. The van der Waals surface area contributed by atoms with Crippen LogP contribution in [0.3, 0.4) is 0 Å². The summed E-state index contributed by atoms with van der Waals surface area (Å²) in [5.74, 6) is -2.07. The number of carbonyl (C=O) groups excluding carboxylic acids is 3. The Kier molecular flexibility index (Phi) is 5.03. The zero-order chi connectivity index (χ0) is 19.6. The SMILES string of the molecule is COc1cccc(N2C(=O)NC(=O)[C@@H](C=Nc3ccc(C)cc3C)C2=O)c1. The molecule has 2 aromatic rings. The molecule has 0 unspecified atom stereocenters. The molecule has 3 rings (SSSR count). The lowest BCUT2D eigenvalue weighted by atomic mass is 10.1. The minimum atomic E-state index is -1.20. The van der Waals surface area contributed by atoms with E-state index in [0.29, 0.717) is 17.1 Å². The molecule has 1 fully saturated rings. The first kappa shape index (κ1) is 18.3. The highest BCUT2D eigenvalue weighted by molar-refractivity contribution is 6.32. The van der Waals surface area contributed by atoms with Crippen LogP contribution in [0.5, 0.6) is 5.75 Å². The molecule has 1 atom stereocenters. The Bertz CT molecular complexity index is 952. The smallest absolute Gasteiger partial charge is 0.335 e. The van der Waals surface area contributed by atoms with Crippen molar-refractivity contribution < 1.29 is 19.1 Å². The van der Waals surface area contributed by atoms with E-state index >= 15 is 0 Å². The third-order valence-electron chi connectivity index (χ3n) is 4.23. The van der Waals surface area contributed by atoms with Crippen LogP contribution in [0.2, 0.25) is 0 Å². The number of imide groups is 2. The Morgan fingerprint density at radius 1 is 1.11 bits per heavy atom. The number of hydrogen-bond donors (Lipinski definition) is 1. The average Bonchev–Trinajstić information content (AvgIpc) is 2.63. The number of carbonyl (C=O) groups is 3. The van der Waals surface area contributed by atoms with E-state index in [-0.39, 0.29) is 0 Å². The van der Waals surface area contributed by atoms with Crippen LogP contribution in [0.1, 0.15) is 11.1 Å². The van der Waals surface area contributed by atoms with Gasteiger partial charge in [-0.2, -0.15) is 0 Å². The highest BCUT2D eigenvalue weighted by Gasteiger charge is 2.40. The van der Waals surface area contributed by atoms with E-state index in [1.807, 2.05) is 32.0 Å². The van der Waals surface area contributed by atoms with Crippen LogP contribution < -0.4 is 15.0 Å². The van der Waals surface area contributed by atoms with Crippen molar-refractivity contribution in [2.75, 3.05) is 12.0 Å². The second-order valence-electron chi connectivity index (χ2n) is 6.22. The average molecular weight is 365 g/mol. The van der Waals surface area contributed by atoms with Gasteiger partial charge in [0.2, 0.25) is 5.91 Å². The third-order valence-corrected chi connectivity index (χ3v) is 4.23. The zero-order valence-electron chi connectivity index (χ0n) is 15.2. The lowest BCUT2D eigenvalue weighted by Crippen LogP contribution is -2.58. The summed E-state index contributed by atoms with van der Waals surface area (Å²) in [4.78, 5) is 42.4. The molecule has 0 aliphatic carbocycles. The molecule has 1 aliphatic heterocycles. The Labute approximate surface area is 156 Å². The number of aryl methyl sites for hydroxylation is 2. The first-order valence-electron chi connectivity index (χ1n) is 8.35. The second-order valence-corrected chi connectivity index (χ2v) is 6.22. The number of ether oxygens (including phenoxy) is 1. The van der Waals surface area contributed by atoms with Gasteiger partial charge in [0.05, 0.1) is 18.5 Å². The van der Waals surface area contributed by atoms with Crippen molar-refractivity contribution in [3.8, 4) is 5.75 Å². The van der Waals surface area contributed by atoms with Crippen molar-refractivity contribution >= 4 is 35.4 Å². The van der Waals surface area contributed by atoms with Crippen molar-refractivity contribution in [2.24, 2.45) is 10.9 Å². The summed E-state index contributed by atoms with van der Waals surface area (Å²) >= 11 is 0. The van der Waals surface area contributed by atoms with Gasteiger partial charge in [-0.15, -0.1) is 0 Å². The van der Waals surface area contributed by atoms with Gasteiger partial charge >= 0.3 is 6.03 Å². The molecule has 1 heterocycles. The van der Waals surface area contributed by atoms with Gasteiger partial charge in [-0.25, -0.2) is 9.69 Å². The van der Waals surface area contributed by atoms with E-state index in [0.717, 1.165) is 16.0 Å². The number of nitrogens with one attached hydrogen (secondary N) is 1. The molecule has 0 radical (unpaired) electrons. The van der Waals surface area contributed by atoms with Crippen LogP contribution in [-0.4, -0.2) is 31.2 Å².